The van der Waals surface area contributed by atoms with Gasteiger partial charge in [-0.05, 0) is 49.1 Å². The molecule has 2 heterocycles. The Hall–Kier alpha value is -1.99. The van der Waals surface area contributed by atoms with Crippen LogP contribution in [-0.4, -0.2) is 66.7 Å². The van der Waals surface area contributed by atoms with Crippen LogP contribution < -0.4 is 9.47 Å². The summed E-state index contributed by atoms with van der Waals surface area (Å²) in [5.41, 5.74) is 2.21. The average Bonchev–Trinajstić information content (AvgIpc) is 3.08. The Morgan fingerprint density at radius 2 is 1.81 bits per heavy atom. The fraction of sp³-hybridized carbons (Fsp3) is 0.556. The van der Waals surface area contributed by atoms with Crippen LogP contribution in [0, 0.1) is 0 Å². The van der Waals surface area contributed by atoms with Crippen molar-refractivity contribution in [3.8, 4) is 11.5 Å². The van der Waals surface area contributed by atoms with Crippen molar-refractivity contribution in [1.82, 2.24) is 9.80 Å². The topological polar surface area (TPSA) is 79.3 Å². The van der Waals surface area contributed by atoms with Crippen LogP contribution >= 0.6 is 12.4 Å². The first-order valence-corrected chi connectivity index (χ1v) is 8.52. The van der Waals surface area contributed by atoms with Gasteiger partial charge in [0.05, 0.1) is 20.8 Å². The van der Waals surface area contributed by atoms with Crippen LogP contribution in [0.1, 0.15) is 24.0 Å². The Morgan fingerprint density at radius 1 is 1.15 bits per heavy atom. The van der Waals surface area contributed by atoms with E-state index in [4.69, 9.17) is 9.47 Å². The van der Waals surface area contributed by atoms with Gasteiger partial charge in [0.25, 0.3) is 0 Å². The molecule has 1 aromatic carbocycles. The molecule has 1 fully saturated rings. The van der Waals surface area contributed by atoms with Crippen LogP contribution in [-0.2, 0) is 22.6 Å². The zero-order chi connectivity index (χ0) is 18.0. The Morgan fingerprint density at radius 3 is 2.42 bits per heavy atom. The molecular weight excluding hydrogens is 360 g/mol. The van der Waals surface area contributed by atoms with Crippen LogP contribution in [0.15, 0.2) is 12.1 Å². The molecule has 2 aliphatic rings. The minimum absolute atomic E-state index is 0. The number of carbonyl (C=O) groups excluding carboxylic acids is 1. The number of likely N-dealkylation sites (tertiary alicyclic amines) is 1. The van der Waals surface area contributed by atoms with Gasteiger partial charge in [-0.2, -0.15) is 0 Å². The normalized spacial score (nSPS) is 19.5. The average molecular weight is 385 g/mol. The van der Waals surface area contributed by atoms with Gasteiger partial charge in [0.2, 0.25) is 5.91 Å². The lowest BCUT2D eigenvalue weighted by Crippen LogP contribution is -2.46. The molecule has 0 bridgehead atoms. The molecule has 1 amide bonds. The van der Waals surface area contributed by atoms with Gasteiger partial charge >= 0.3 is 5.97 Å². The summed E-state index contributed by atoms with van der Waals surface area (Å²) in [5.74, 6) is 0.489. The molecule has 2 aliphatic heterocycles. The van der Waals surface area contributed by atoms with E-state index in [9.17, 15) is 14.7 Å². The van der Waals surface area contributed by atoms with Crippen molar-refractivity contribution in [3.05, 3.63) is 23.3 Å². The van der Waals surface area contributed by atoms with Crippen molar-refractivity contribution in [2.24, 2.45) is 0 Å². The van der Waals surface area contributed by atoms with E-state index in [2.05, 4.69) is 0 Å². The Bertz CT molecular complexity index is 682. The van der Waals surface area contributed by atoms with Crippen LogP contribution in [0.2, 0.25) is 0 Å². The van der Waals surface area contributed by atoms with Crippen molar-refractivity contribution in [2.75, 3.05) is 33.9 Å². The number of rotatable bonds is 5. The minimum Gasteiger partial charge on any atom is -0.493 e. The van der Waals surface area contributed by atoms with E-state index < -0.39 is 12.0 Å². The maximum Gasteiger partial charge on any atom is 0.320 e. The first-order valence-electron chi connectivity index (χ1n) is 8.52. The van der Waals surface area contributed by atoms with Crippen LogP contribution in [0.4, 0.5) is 0 Å². The Kier molecular flexibility index (Phi) is 6.72. The van der Waals surface area contributed by atoms with E-state index in [1.807, 2.05) is 12.1 Å². The van der Waals surface area contributed by atoms with Crippen molar-refractivity contribution in [3.63, 3.8) is 0 Å². The summed E-state index contributed by atoms with van der Waals surface area (Å²) in [7, 11) is 3.20. The lowest BCUT2D eigenvalue weighted by molar-refractivity contribution is -0.143. The summed E-state index contributed by atoms with van der Waals surface area (Å²) in [4.78, 5) is 27.5. The zero-order valence-electron chi connectivity index (χ0n) is 15.1. The molecule has 1 N–H and O–H groups in total. The Labute approximate surface area is 159 Å². The number of nitrogens with zero attached hydrogens (tertiary/aromatic N) is 2. The second-order valence-corrected chi connectivity index (χ2v) is 6.51. The molecule has 8 heteroatoms. The van der Waals surface area contributed by atoms with E-state index >= 15 is 0 Å². The van der Waals surface area contributed by atoms with E-state index in [-0.39, 0.29) is 24.9 Å². The van der Waals surface area contributed by atoms with Crippen molar-refractivity contribution in [1.29, 1.82) is 0 Å². The fourth-order valence-electron chi connectivity index (χ4n) is 3.66. The van der Waals surface area contributed by atoms with Gasteiger partial charge in [0.15, 0.2) is 11.5 Å². The summed E-state index contributed by atoms with van der Waals surface area (Å²) >= 11 is 0. The SMILES string of the molecule is COc1cc2c(cc1OC)CN(C(=O)CN1CCCC1C(=O)O)CC2.Cl. The fourth-order valence-corrected chi connectivity index (χ4v) is 3.66. The van der Waals surface area contributed by atoms with Gasteiger partial charge in [-0.25, -0.2) is 0 Å². The molecule has 1 saturated heterocycles. The van der Waals surface area contributed by atoms with Crippen LogP contribution in [0.25, 0.3) is 0 Å². The lowest BCUT2D eigenvalue weighted by Gasteiger charge is -2.31. The molecule has 0 aliphatic carbocycles. The number of carboxylic acid groups (broad SMARTS) is 1. The number of carbonyl (C=O) groups is 2. The molecule has 7 nitrogen and oxygen atoms in total. The highest BCUT2D eigenvalue weighted by Gasteiger charge is 2.33. The molecule has 3 rings (SSSR count). The van der Waals surface area contributed by atoms with Crippen LogP contribution in [0.5, 0.6) is 11.5 Å². The van der Waals surface area contributed by atoms with Gasteiger partial charge in [0.1, 0.15) is 6.04 Å². The summed E-state index contributed by atoms with van der Waals surface area (Å²) in [6.07, 6.45) is 2.19. The second kappa shape index (κ2) is 8.60. The largest absolute Gasteiger partial charge is 0.493 e. The molecule has 144 valence electrons. The quantitative estimate of drug-likeness (QED) is 0.830. The number of amides is 1. The predicted molar refractivity (Wildman–Crippen MR) is 98.1 cm³/mol. The molecule has 1 unspecified atom stereocenters. The number of fused-ring (bicyclic) bond motifs is 1. The monoisotopic (exact) mass is 384 g/mol. The molecule has 0 spiro atoms. The van der Waals surface area contributed by atoms with Gasteiger partial charge < -0.3 is 19.5 Å². The van der Waals surface area contributed by atoms with Gasteiger partial charge in [0, 0.05) is 13.1 Å². The van der Waals surface area contributed by atoms with E-state index in [0.717, 1.165) is 24.0 Å². The molecule has 0 aromatic heterocycles. The number of hydrogen-bond donors (Lipinski definition) is 1. The van der Waals surface area contributed by atoms with Crippen molar-refractivity contribution in [2.45, 2.75) is 31.8 Å². The number of halogens is 1. The van der Waals surface area contributed by atoms with E-state index in [1.54, 1.807) is 24.0 Å². The van der Waals surface area contributed by atoms with Gasteiger partial charge in [-0.3, -0.25) is 14.5 Å². The highest BCUT2D eigenvalue weighted by molar-refractivity contribution is 5.85. The standard InChI is InChI=1S/C18H24N2O5.ClH/c1-24-15-8-12-5-7-20(10-13(12)9-16(15)25-2)17(21)11-19-6-3-4-14(19)18(22)23;/h8-9,14H,3-7,10-11H2,1-2H3,(H,22,23);1H. The van der Waals surface area contributed by atoms with E-state index in [1.165, 1.54) is 0 Å². The number of ether oxygens (including phenoxy) is 2. The third-order valence-electron chi connectivity index (χ3n) is 5.06. The second-order valence-electron chi connectivity index (χ2n) is 6.51. The van der Waals surface area contributed by atoms with Crippen LogP contribution in [0.3, 0.4) is 0 Å². The number of hydrogen-bond acceptors (Lipinski definition) is 5. The molecule has 0 radical (unpaired) electrons. The zero-order valence-corrected chi connectivity index (χ0v) is 15.9. The summed E-state index contributed by atoms with van der Waals surface area (Å²) in [6, 6.07) is 3.35. The number of aliphatic carboxylic acids is 1. The highest BCUT2D eigenvalue weighted by atomic mass is 35.5. The number of methoxy groups -OCH3 is 2. The molecule has 0 saturated carbocycles. The molecule has 1 atom stereocenters. The summed E-state index contributed by atoms with van der Waals surface area (Å²) in [5, 5.41) is 9.25. The van der Waals surface area contributed by atoms with E-state index in [0.29, 0.717) is 37.6 Å². The highest BCUT2D eigenvalue weighted by Crippen LogP contribution is 2.33. The maximum absolute atomic E-state index is 12.6. The third kappa shape index (κ3) is 4.04. The minimum atomic E-state index is -0.842. The van der Waals surface area contributed by atoms with Crippen molar-refractivity contribution >= 4 is 24.3 Å². The Balaban J connectivity index is 0.00000243. The first-order chi connectivity index (χ1) is 12.0. The third-order valence-corrected chi connectivity index (χ3v) is 5.06. The first kappa shape index (κ1) is 20.3. The number of carboxylic acids is 1. The maximum atomic E-state index is 12.6. The molecule has 26 heavy (non-hydrogen) atoms. The summed E-state index contributed by atoms with van der Waals surface area (Å²) in [6.45, 7) is 1.98. The van der Waals surface area contributed by atoms with Gasteiger partial charge in [-0.1, -0.05) is 0 Å². The van der Waals surface area contributed by atoms with Gasteiger partial charge in [-0.15, -0.1) is 12.4 Å². The molecular formula is C18H25ClN2O5. The predicted octanol–water partition coefficient (Wildman–Crippen LogP) is 1.56. The lowest BCUT2D eigenvalue weighted by atomic mass is 9.98. The molecule has 1 aromatic rings. The summed E-state index contributed by atoms with van der Waals surface area (Å²) < 4.78 is 10.7. The number of benzene rings is 1. The van der Waals surface area contributed by atoms with Crippen molar-refractivity contribution < 1.29 is 24.2 Å². The smallest absolute Gasteiger partial charge is 0.320 e.